The highest BCUT2D eigenvalue weighted by Crippen LogP contribution is 2.42. The monoisotopic (exact) mass is 434 g/mol. The van der Waals surface area contributed by atoms with Gasteiger partial charge in [-0.15, -0.1) is 0 Å². The first kappa shape index (κ1) is 22.8. The minimum Gasteiger partial charge on any atom is -0.496 e. The van der Waals surface area contributed by atoms with Crippen LogP contribution in [0.25, 0.3) is 0 Å². The van der Waals surface area contributed by atoms with Gasteiger partial charge in [0.15, 0.2) is 5.54 Å². The van der Waals surface area contributed by atoms with Gasteiger partial charge in [0.25, 0.3) is 0 Å². The van der Waals surface area contributed by atoms with Crippen LogP contribution in [0, 0.1) is 11.3 Å². The number of aryl methyl sites for hydroxylation is 1. The fourth-order valence-electron chi connectivity index (χ4n) is 4.01. The number of carboxylic acid groups (broad SMARTS) is 1. The van der Waals surface area contributed by atoms with Crippen LogP contribution < -0.4 is 14.8 Å². The van der Waals surface area contributed by atoms with Gasteiger partial charge in [0.2, 0.25) is 0 Å². The summed E-state index contributed by atoms with van der Waals surface area (Å²) in [5.74, 6) is 0.391. The molecule has 166 valence electrons. The highest BCUT2D eigenvalue weighted by atomic mass is 16.5. The lowest BCUT2D eigenvalue weighted by atomic mass is 9.86. The molecular weight excluding hydrogens is 408 g/mol. The number of para-hydroxylation sites is 1. The van der Waals surface area contributed by atoms with Crippen molar-refractivity contribution in [3.63, 3.8) is 0 Å². The van der Waals surface area contributed by atoms with Gasteiger partial charge in [-0.25, -0.2) is 9.78 Å². The van der Waals surface area contributed by atoms with Crippen molar-refractivity contribution >= 4 is 5.97 Å². The lowest BCUT2D eigenvalue weighted by molar-refractivity contribution is -0.145. The van der Waals surface area contributed by atoms with Gasteiger partial charge in [-0.05, 0) is 38.1 Å². The summed E-state index contributed by atoms with van der Waals surface area (Å²) in [5.41, 5.74) is 1.81. The lowest BCUT2D eigenvalue weighted by Gasteiger charge is -2.28. The fourth-order valence-corrected chi connectivity index (χ4v) is 4.01. The van der Waals surface area contributed by atoms with Crippen LogP contribution in [0.1, 0.15) is 28.8 Å². The number of ether oxygens (including phenoxy) is 2. The number of hydrogen-bond acceptors (Lipinski definition) is 6. The molecule has 1 aliphatic heterocycles. The van der Waals surface area contributed by atoms with Gasteiger partial charge in [-0.3, -0.25) is 0 Å². The maximum Gasteiger partial charge on any atom is 0.334 e. The van der Waals surface area contributed by atoms with Crippen LogP contribution in [0.3, 0.4) is 0 Å². The number of nitrogens with one attached hydrogen (secondary N) is 1. The Morgan fingerprint density at radius 1 is 1.25 bits per heavy atom. The number of carbonyl (C=O) groups is 1. The molecule has 1 aromatic heterocycles. The van der Waals surface area contributed by atoms with Crippen molar-refractivity contribution in [3.8, 4) is 17.6 Å². The van der Waals surface area contributed by atoms with E-state index in [9.17, 15) is 9.90 Å². The maximum atomic E-state index is 12.0. The van der Waals surface area contributed by atoms with E-state index < -0.39 is 11.5 Å². The molecule has 1 unspecified atom stereocenters. The molecular formula is C24H26N4O4. The molecule has 0 saturated carbocycles. The van der Waals surface area contributed by atoms with Crippen LogP contribution in [0.4, 0.5) is 0 Å². The minimum absolute atomic E-state index is 0.401. The number of methoxy groups -OCH3 is 2. The first-order chi connectivity index (χ1) is 15.5. The second-order valence-electron chi connectivity index (χ2n) is 7.29. The minimum atomic E-state index is -1.23. The topological polar surface area (TPSA) is 109 Å². The summed E-state index contributed by atoms with van der Waals surface area (Å²) in [4.78, 5) is 16.1. The van der Waals surface area contributed by atoms with E-state index >= 15 is 0 Å². The summed E-state index contributed by atoms with van der Waals surface area (Å²) < 4.78 is 12.2. The number of aromatic nitrogens is 2. The molecule has 2 N–H and O–H groups in total. The van der Waals surface area contributed by atoms with Gasteiger partial charge in [0.1, 0.15) is 11.5 Å². The van der Waals surface area contributed by atoms with Crippen molar-refractivity contribution in [3.05, 3.63) is 77.4 Å². The molecule has 3 aromatic rings. The average Bonchev–Trinajstić information content (AvgIpc) is 3.43. The number of hydrogen-bond donors (Lipinski definition) is 2. The number of nitrogens with zero attached hydrogens (tertiary/aromatic N) is 3. The third-order valence-corrected chi connectivity index (χ3v) is 5.56. The predicted octanol–water partition coefficient (Wildman–Crippen LogP) is 2.95. The molecule has 0 spiro atoms. The first-order valence-electron chi connectivity index (χ1n) is 10.1. The van der Waals surface area contributed by atoms with Crippen molar-refractivity contribution in [1.29, 1.82) is 5.26 Å². The van der Waals surface area contributed by atoms with Crippen LogP contribution in [0.5, 0.6) is 11.5 Å². The molecule has 0 aliphatic carbocycles. The highest BCUT2D eigenvalue weighted by Gasteiger charge is 2.48. The third-order valence-electron chi connectivity index (χ3n) is 5.56. The van der Waals surface area contributed by atoms with Gasteiger partial charge in [-0.2, -0.15) is 5.26 Å². The molecule has 1 atom stereocenters. The molecule has 2 heterocycles. The summed E-state index contributed by atoms with van der Waals surface area (Å²) in [6.07, 6.45) is 4.28. The standard InChI is InChI=1S/C15H13N3O3.C9H13NO/c1-21-13-6-10(7-16)2-3-12(13)15(14(19)20)5-4-11-8-17-9-18(11)15;1-10-7-8-5-3-4-6-9(8)11-2/h2-3,6,8-9H,4-5H2,1H3,(H,19,20);3-6,10H,7H2,1-2H3. The van der Waals surface area contributed by atoms with Crippen molar-refractivity contribution in [2.45, 2.75) is 24.9 Å². The number of nitriles is 1. The van der Waals surface area contributed by atoms with Gasteiger partial charge >= 0.3 is 5.97 Å². The van der Waals surface area contributed by atoms with Crippen LogP contribution >= 0.6 is 0 Å². The third kappa shape index (κ3) is 4.15. The largest absolute Gasteiger partial charge is 0.496 e. The predicted molar refractivity (Wildman–Crippen MR) is 119 cm³/mol. The fraction of sp³-hybridized carbons (Fsp3) is 0.292. The zero-order chi connectivity index (χ0) is 23.1. The van der Waals surface area contributed by atoms with E-state index in [0.29, 0.717) is 29.7 Å². The molecule has 0 bridgehead atoms. The van der Waals surface area contributed by atoms with E-state index in [0.717, 1.165) is 18.0 Å². The van der Waals surface area contributed by atoms with E-state index in [1.807, 2.05) is 31.3 Å². The summed E-state index contributed by atoms with van der Waals surface area (Å²) >= 11 is 0. The Bertz CT molecular complexity index is 1140. The number of aliphatic carboxylic acids is 1. The number of rotatable bonds is 6. The molecule has 0 fully saturated rings. The molecule has 0 amide bonds. The Morgan fingerprint density at radius 2 is 2.00 bits per heavy atom. The van der Waals surface area contributed by atoms with Gasteiger partial charge in [-0.1, -0.05) is 24.3 Å². The van der Waals surface area contributed by atoms with Crippen molar-refractivity contribution in [2.24, 2.45) is 0 Å². The molecule has 0 radical (unpaired) electrons. The molecule has 2 aromatic carbocycles. The number of fused-ring (bicyclic) bond motifs is 1. The quantitative estimate of drug-likeness (QED) is 0.614. The summed E-state index contributed by atoms with van der Waals surface area (Å²) in [5, 5.41) is 21.9. The normalized spacial score (nSPS) is 16.3. The second kappa shape index (κ2) is 9.98. The van der Waals surface area contributed by atoms with E-state index in [4.69, 9.17) is 14.7 Å². The summed E-state index contributed by atoms with van der Waals surface area (Å²) in [6, 6.07) is 14.9. The second-order valence-corrected chi connectivity index (χ2v) is 7.29. The van der Waals surface area contributed by atoms with Crippen LogP contribution in [-0.2, 0) is 23.3 Å². The number of carboxylic acids is 1. The van der Waals surface area contributed by atoms with Crippen LogP contribution in [0.2, 0.25) is 0 Å². The van der Waals surface area contributed by atoms with E-state index in [1.165, 1.54) is 19.0 Å². The van der Waals surface area contributed by atoms with Crippen LogP contribution in [-0.4, -0.2) is 41.9 Å². The van der Waals surface area contributed by atoms with E-state index in [-0.39, 0.29) is 0 Å². The average molecular weight is 434 g/mol. The van der Waals surface area contributed by atoms with Crippen LogP contribution in [0.15, 0.2) is 55.0 Å². The molecule has 8 nitrogen and oxygen atoms in total. The zero-order valence-corrected chi connectivity index (χ0v) is 18.3. The van der Waals surface area contributed by atoms with Crippen molar-refractivity contribution in [1.82, 2.24) is 14.9 Å². The zero-order valence-electron chi connectivity index (χ0n) is 18.3. The SMILES string of the molecule is CNCc1ccccc1OC.COc1cc(C#N)ccc1C1(C(=O)O)CCc2cncn21. The number of imidazole rings is 1. The van der Waals surface area contributed by atoms with Gasteiger partial charge in [0.05, 0.1) is 32.2 Å². The Balaban J connectivity index is 0.000000222. The summed E-state index contributed by atoms with van der Waals surface area (Å²) in [6.45, 7) is 0.851. The van der Waals surface area contributed by atoms with E-state index in [2.05, 4.69) is 16.4 Å². The lowest BCUT2D eigenvalue weighted by Crippen LogP contribution is -2.40. The Hall–Kier alpha value is -3.83. The molecule has 0 saturated heterocycles. The maximum absolute atomic E-state index is 12.0. The smallest absolute Gasteiger partial charge is 0.334 e. The van der Waals surface area contributed by atoms with Crippen molar-refractivity contribution in [2.75, 3.05) is 21.3 Å². The summed E-state index contributed by atoms with van der Waals surface area (Å²) in [7, 11) is 5.08. The van der Waals surface area contributed by atoms with Gasteiger partial charge in [0, 0.05) is 29.6 Å². The Kier molecular flexibility index (Phi) is 7.13. The van der Waals surface area contributed by atoms with E-state index in [1.54, 1.807) is 36.1 Å². The molecule has 32 heavy (non-hydrogen) atoms. The molecule has 8 heteroatoms. The van der Waals surface area contributed by atoms with Gasteiger partial charge < -0.3 is 24.5 Å². The molecule has 4 rings (SSSR count). The Labute approximate surface area is 187 Å². The number of benzene rings is 2. The van der Waals surface area contributed by atoms with Crippen molar-refractivity contribution < 1.29 is 19.4 Å². The molecule has 1 aliphatic rings. The highest BCUT2D eigenvalue weighted by molar-refractivity contribution is 5.83. The first-order valence-corrected chi connectivity index (χ1v) is 10.1. The Morgan fingerprint density at radius 3 is 2.66 bits per heavy atom.